The van der Waals surface area contributed by atoms with Crippen molar-refractivity contribution < 1.29 is 19.4 Å². The van der Waals surface area contributed by atoms with E-state index in [9.17, 15) is 14.3 Å². The van der Waals surface area contributed by atoms with E-state index in [1.54, 1.807) is 0 Å². The Morgan fingerprint density at radius 3 is 2.89 bits per heavy atom. The van der Waals surface area contributed by atoms with Crippen LogP contribution in [0.3, 0.4) is 0 Å². The molecule has 1 aliphatic rings. The second-order valence-corrected chi connectivity index (χ2v) is 4.87. The van der Waals surface area contributed by atoms with Crippen molar-refractivity contribution >= 4 is 11.8 Å². The molecule has 2 atom stereocenters. The molecule has 0 spiro atoms. The molecule has 1 aromatic rings. The Morgan fingerprint density at radius 1 is 1.47 bits per heavy atom. The van der Waals surface area contributed by atoms with Gasteiger partial charge in [-0.05, 0) is 30.7 Å². The minimum absolute atomic E-state index is 0.148. The van der Waals surface area contributed by atoms with Gasteiger partial charge in [-0.25, -0.2) is 14.2 Å². The maximum atomic E-state index is 13.0. The first-order valence-corrected chi connectivity index (χ1v) is 6.35. The van der Waals surface area contributed by atoms with Gasteiger partial charge in [0.25, 0.3) is 0 Å². The summed E-state index contributed by atoms with van der Waals surface area (Å²) in [5.41, 5.74) is -0.168. The molecule has 3 N–H and O–H groups in total. The Balaban J connectivity index is 2.05. The highest BCUT2D eigenvalue weighted by molar-refractivity contribution is 5.93. The number of carboxylic acids is 1. The smallest absolute Gasteiger partial charge is 0.339 e. The van der Waals surface area contributed by atoms with E-state index >= 15 is 0 Å². The number of pyridine rings is 1. The van der Waals surface area contributed by atoms with Crippen molar-refractivity contribution in [3.8, 4) is 0 Å². The fraction of sp³-hybridized carbons (Fsp3) is 0.538. The molecule has 0 amide bonds. The lowest BCUT2D eigenvalue weighted by Gasteiger charge is -2.18. The average Bonchev–Trinajstić information content (AvgIpc) is 2.84. The first kappa shape index (κ1) is 13.7. The van der Waals surface area contributed by atoms with E-state index in [1.165, 1.54) is 0 Å². The summed E-state index contributed by atoms with van der Waals surface area (Å²) in [5.74, 6) is -1.14. The van der Waals surface area contributed by atoms with Gasteiger partial charge in [0.2, 0.25) is 0 Å². The molecule has 1 heterocycles. The molecule has 0 radical (unpaired) electrons. The quantitative estimate of drug-likeness (QED) is 0.757. The molecule has 0 bridgehead atoms. The summed E-state index contributed by atoms with van der Waals surface area (Å²) in [6.07, 6.45) is 4.06. The van der Waals surface area contributed by atoms with Crippen LogP contribution in [0.25, 0.3) is 0 Å². The normalized spacial score (nSPS) is 22.4. The van der Waals surface area contributed by atoms with Crippen LogP contribution in [0.2, 0.25) is 0 Å². The zero-order chi connectivity index (χ0) is 13.8. The van der Waals surface area contributed by atoms with E-state index in [0.29, 0.717) is 12.5 Å². The highest BCUT2D eigenvalue weighted by Crippen LogP contribution is 2.31. The van der Waals surface area contributed by atoms with Gasteiger partial charge in [0.15, 0.2) is 0 Å². The van der Waals surface area contributed by atoms with Crippen LogP contribution in [0.4, 0.5) is 10.2 Å². The lowest BCUT2D eigenvalue weighted by molar-refractivity contribution is 0.0697. The molecular weight excluding hydrogens is 251 g/mol. The molecule has 2 unspecified atom stereocenters. The Kier molecular flexibility index (Phi) is 4.31. The van der Waals surface area contributed by atoms with Crippen molar-refractivity contribution in [1.29, 1.82) is 0 Å². The van der Waals surface area contributed by atoms with E-state index in [1.807, 2.05) is 0 Å². The van der Waals surface area contributed by atoms with Crippen LogP contribution in [0.1, 0.15) is 29.6 Å². The number of rotatable bonds is 5. The van der Waals surface area contributed by atoms with E-state index < -0.39 is 11.8 Å². The number of aromatic carboxylic acids is 1. The van der Waals surface area contributed by atoms with Gasteiger partial charge in [-0.3, -0.25) is 0 Å². The zero-order valence-electron chi connectivity index (χ0n) is 10.5. The highest BCUT2D eigenvalue weighted by atomic mass is 19.1. The summed E-state index contributed by atoms with van der Waals surface area (Å²) in [4.78, 5) is 14.8. The Morgan fingerprint density at radius 2 is 2.21 bits per heavy atom. The Bertz CT molecular complexity index is 467. The third kappa shape index (κ3) is 3.20. The van der Waals surface area contributed by atoms with Gasteiger partial charge in [-0.1, -0.05) is 6.42 Å². The fourth-order valence-electron chi connectivity index (χ4n) is 2.59. The van der Waals surface area contributed by atoms with E-state index in [2.05, 4.69) is 10.3 Å². The molecule has 6 heteroatoms. The first-order chi connectivity index (χ1) is 9.11. The second kappa shape index (κ2) is 5.97. The molecule has 5 nitrogen and oxygen atoms in total. The SMILES string of the molecule is O=C(O)c1cc(F)cnc1NCC1CCCC1CO. The van der Waals surface area contributed by atoms with Gasteiger partial charge in [0.05, 0.1) is 6.20 Å². The number of carboxylic acid groups (broad SMARTS) is 1. The van der Waals surface area contributed by atoms with Gasteiger partial charge in [0, 0.05) is 13.2 Å². The third-order valence-electron chi connectivity index (χ3n) is 3.67. The van der Waals surface area contributed by atoms with E-state index in [-0.39, 0.29) is 23.9 Å². The standard InChI is InChI=1S/C13H17FN2O3/c14-10-4-11(13(18)19)12(16-6-10)15-5-8-2-1-3-9(8)7-17/h4,6,8-9,17H,1-3,5,7H2,(H,15,16)(H,18,19). The van der Waals surface area contributed by atoms with Crippen molar-refractivity contribution in [3.63, 3.8) is 0 Å². The van der Waals surface area contributed by atoms with Gasteiger partial charge in [0.1, 0.15) is 17.2 Å². The fourth-order valence-corrected chi connectivity index (χ4v) is 2.59. The summed E-state index contributed by atoms with van der Waals surface area (Å²) in [5, 5.41) is 21.2. The van der Waals surface area contributed by atoms with Gasteiger partial charge >= 0.3 is 5.97 Å². The molecule has 1 aromatic heterocycles. The van der Waals surface area contributed by atoms with Crippen molar-refractivity contribution in [1.82, 2.24) is 4.98 Å². The summed E-state index contributed by atoms with van der Waals surface area (Å²) in [6, 6.07) is 0.954. The van der Waals surface area contributed by atoms with Crippen molar-refractivity contribution in [3.05, 3.63) is 23.6 Å². The van der Waals surface area contributed by atoms with Gasteiger partial charge in [-0.15, -0.1) is 0 Å². The van der Waals surface area contributed by atoms with Crippen LogP contribution in [-0.4, -0.2) is 34.3 Å². The minimum atomic E-state index is -1.21. The third-order valence-corrected chi connectivity index (χ3v) is 3.67. The van der Waals surface area contributed by atoms with Crippen molar-refractivity contribution in [2.75, 3.05) is 18.5 Å². The average molecular weight is 268 g/mol. The van der Waals surface area contributed by atoms with Crippen LogP contribution >= 0.6 is 0 Å². The molecular formula is C13H17FN2O3. The number of carbonyl (C=O) groups is 1. The second-order valence-electron chi connectivity index (χ2n) is 4.87. The number of aliphatic hydroxyl groups is 1. The predicted molar refractivity (Wildman–Crippen MR) is 67.6 cm³/mol. The summed E-state index contributed by atoms with van der Waals surface area (Å²) in [6.45, 7) is 0.694. The number of nitrogens with zero attached hydrogens (tertiary/aromatic N) is 1. The summed E-state index contributed by atoms with van der Waals surface area (Å²) >= 11 is 0. The van der Waals surface area contributed by atoms with Crippen LogP contribution < -0.4 is 5.32 Å². The number of aromatic nitrogens is 1. The van der Waals surface area contributed by atoms with Crippen LogP contribution in [0, 0.1) is 17.7 Å². The Hall–Kier alpha value is -1.69. The summed E-state index contributed by atoms with van der Waals surface area (Å²) < 4.78 is 13.0. The molecule has 0 saturated heterocycles. The number of aliphatic hydroxyl groups excluding tert-OH is 1. The number of hydrogen-bond donors (Lipinski definition) is 3. The first-order valence-electron chi connectivity index (χ1n) is 6.35. The lowest BCUT2D eigenvalue weighted by atomic mass is 9.97. The lowest BCUT2D eigenvalue weighted by Crippen LogP contribution is -2.22. The number of nitrogens with one attached hydrogen (secondary N) is 1. The monoisotopic (exact) mass is 268 g/mol. The zero-order valence-corrected chi connectivity index (χ0v) is 10.5. The predicted octanol–water partition coefficient (Wildman–Crippen LogP) is 1.74. The molecule has 1 aliphatic carbocycles. The van der Waals surface area contributed by atoms with Crippen LogP contribution in [-0.2, 0) is 0 Å². The van der Waals surface area contributed by atoms with E-state index in [4.69, 9.17) is 5.11 Å². The van der Waals surface area contributed by atoms with Crippen LogP contribution in [0.5, 0.6) is 0 Å². The largest absolute Gasteiger partial charge is 0.478 e. The molecule has 1 saturated carbocycles. The Labute approximate surface area is 110 Å². The van der Waals surface area contributed by atoms with E-state index in [0.717, 1.165) is 31.5 Å². The minimum Gasteiger partial charge on any atom is -0.478 e. The number of halogens is 1. The maximum absolute atomic E-state index is 13.0. The summed E-state index contributed by atoms with van der Waals surface area (Å²) in [7, 11) is 0. The molecule has 1 fully saturated rings. The van der Waals surface area contributed by atoms with Gasteiger partial charge < -0.3 is 15.5 Å². The number of anilines is 1. The van der Waals surface area contributed by atoms with Crippen LogP contribution in [0.15, 0.2) is 12.3 Å². The molecule has 0 aromatic carbocycles. The maximum Gasteiger partial charge on any atom is 0.339 e. The topological polar surface area (TPSA) is 82.5 Å². The molecule has 2 rings (SSSR count). The van der Waals surface area contributed by atoms with Crippen molar-refractivity contribution in [2.24, 2.45) is 11.8 Å². The number of hydrogen-bond acceptors (Lipinski definition) is 4. The molecule has 0 aliphatic heterocycles. The van der Waals surface area contributed by atoms with Crippen molar-refractivity contribution in [2.45, 2.75) is 19.3 Å². The molecule has 19 heavy (non-hydrogen) atoms. The molecule has 104 valence electrons. The van der Waals surface area contributed by atoms with Gasteiger partial charge in [-0.2, -0.15) is 0 Å². The highest BCUT2D eigenvalue weighted by Gasteiger charge is 2.26.